The minimum Gasteiger partial charge on any atom is -0.352 e. The SMILES string of the molecule is CCc1ccccc1NC(=O)CCN1C(=S)N[C@H](c2ccccn2)[C@H]1c1ccc(C)n1-c1ccccc1. The highest BCUT2D eigenvalue weighted by atomic mass is 32.1. The highest BCUT2D eigenvalue weighted by molar-refractivity contribution is 7.80. The first-order valence-corrected chi connectivity index (χ1v) is 13.1. The Morgan fingerprint density at radius 3 is 2.51 bits per heavy atom. The van der Waals surface area contributed by atoms with E-state index in [1.807, 2.05) is 60.7 Å². The van der Waals surface area contributed by atoms with Gasteiger partial charge in [0.2, 0.25) is 5.91 Å². The van der Waals surface area contributed by atoms with Crippen LogP contribution in [-0.2, 0) is 11.2 Å². The average molecular weight is 510 g/mol. The van der Waals surface area contributed by atoms with Crippen molar-refractivity contribution in [3.63, 3.8) is 0 Å². The molecule has 7 heteroatoms. The molecule has 0 saturated carbocycles. The fourth-order valence-corrected chi connectivity index (χ4v) is 5.40. The molecule has 0 bridgehead atoms. The summed E-state index contributed by atoms with van der Waals surface area (Å²) in [6, 6.07) is 28.2. The lowest BCUT2D eigenvalue weighted by Crippen LogP contribution is -2.33. The Morgan fingerprint density at radius 2 is 1.76 bits per heavy atom. The van der Waals surface area contributed by atoms with Crippen molar-refractivity contribution in [1.29, 1.82) is 0 Å². The topological polar surface area (TPSA) is 62.2 Å². The highest BCUT2D eigenvalue weighted by Crippen LogP contribution is 2.40. The molecule has 4 aromatic rings. The minimum atomic E-state index is -0.144. The van der Waals surface area contributed by atoms with E-state index in [1.165, 1.54) is 0 Å². The van der Waals surface area contributed by atoms with Crippen LogP contribution < -0.4 is 10.6 Å². The van der Waals surface area contributed by atoms with Gasteiger partial charge in [0.15, 0.2) is 5.11 Å². The normalized spacial score (nSPS) is 17.0. The third-order valence-corrected chi connectivity index (χ3v) is 7.23. The van der Waals surface area contributed by atoms with Crippen molar-refractivity contribution in [3.05, 3.63) is 114 Å². The summed E-state index contributed by atoms with van der Waals surface area (Å²) in [6.07, 6.45) is 2.98. The first-order chi connectivity index (χ1) is 18.1. The van der Waals surface area contributed by atoms with E-state index in [2.05, 4.69) is 63.2 Å². The Bertz CT molecular complexity index is 1390. The van der Waals surface area contributed by atoms with Gasteiger partial charge >= 0.3 is 0 Å². The summed E-state index contributed by atoms with van der Waals surface area (Å²) in [7, 11) is 0. The molecule has 0 spiro atoms. The number of rotatable bonds is 8. The summed E-state index contributed by atoms with van der Waals surface area (Å²) in [5, 5.41) is 7.22. The number of thiocarbonyl (C=S) groups is 1. The largest absolute Gasteiger partial charge is 0.352 e. The number of nitrogens with zero attached hydrogens (tertiary/aromatic N) is 3. The van der Waals surface area contributed by atoms with Crippen LogP contribution in [0.25, 0.3) is 5.69 Å². The molecule has 2 aromatic carbocycles. The second-order valence-electron chi connectivity index (χ2n) is 9.20. The van der Waals surface area contributed by atoms with E-state index in [-0.39, 0.29) is 18.0 Å². The predicted octanol–water partition coefficient (Wildman–Crippen LogP) is 5.74. The van der Waals surface area contributed by atoms with Crippen LogP contribution in [0.5, 0.6) is 0 Å². The number of pyridine rings is 1. The van der Waals surface area contributed by atoms with Crippen molar-refractivity contribution >= 4 is 28.9 Å². The zero-order valence-electron chi connectivity index (χ0n) is 21.1. The van der Waals surface area contributed by atoms with Crippen molar-refractivity contribution in [2.75, 3.05) is 11.9 Å². The van der Waals surface area contributed by atoms with Gasteiger partial charge in [-0.3, -0.25) is 9.78 Å². The maximum atomic E-state index is 13.0. The average Bonchev–Trinajstić information content (AvgIpc) is 3.47. The van der Waals surface area contributed by atoms with Crippen molar-refractivity contribution in [2.45, 2.75) is 38.8 Å². The molecule has 188 valence electrons. The van der Waals surface area contributed by atoms with E-state index in [0.717, 1.165) is 40.4 Å². The molecular formula is C30H31N5OS. The summed E-state index contributed by atoms with van der Waals surface area (Å²) in [5.74, 6) is -0.0293. The van der Waals surface area contributed by atoms with Gasteiger partial charge in [-0.1, -0.05) is 49.4 Å². The molecule has 0 unspecified atom stereocenters. The molecule has 0 aliphatic carbocycles. The number of amides is 1. The molecule has 1 saturated heterocycles. The van der Waals surface area contributed by atoms with Crippen LogP contribution in [0.3, 0.4) is 0 Å². The summed E-state index contributed by atoms with van der Waals surface area (Å²) in [4.78, 5) is 19.8. The number of para-hydroxylation sites is 2. The van der Waals surface area contributed by atoms with Crippen molar-refractivity contribution in [1.82, 2.24) is 19.8 Å². The highest BCUT2D eigenvalue weighted by Gasteiger charge is 2.41. The predicted molar refractivity (Wildman–Crippen MR) is 152 cm³/mol. The molecule has 3 heterocycles. The fraction of sp³-hybridized carbons (Fsp3) is 0.233. The van der Waals surface area contributed by atoms with Crippen LogP contribution in [0, 0.1) is 6.92 Å². The number of hydrogen-bond donors (Lipinski definition) is 2. The van der Waals surface area contributed by atoms with Crippen LogP contribution in [0.1, 0.15) is 48.1 Å². The molecule has 0 radical (unpaired) electrons. The minimum absolute atomic E-state index is 0.0293. The fourth-order valence-electron chi connectivity index (χ4n) is 5.07. The monoisotopic (exact) mass is 509 g/mol. The number of carbonyl (C=O) groups is 1. The van der Waals surface area contributed by atoms with E-state index < -0.39 is 0 Å². The summed E-state index contributed by atoms with van der Waals surface area (Å²) < 4.78 is 2.26. The molecule has 37 heavy (non-hydrogen) atoms. The quantitative estimate of drug-likeness (QED) is 0.297. The maximum Gasteiger partial charge on any atom is 0.226 e. The number of carbonyl (C=O) groups excluding carboxylic acids is 1. The second-order valence-corrected chi connectivity index (χ2v) is 9.59. The van der Waals surface area contributed by atoms with Crippen LogP contribution >= 0.6 is 12.2 Å². The molecule has 1 fully saturated rings. The molecule has 5 rings (SSSR count). The lowest BCUT2D eigenvalue weighted by molar-refractivity contribution is -0.116. The summed E-state index contributed by atoms with van der Waals surface area (Å²) in [6.45, 7) is 4.68. The summed E-state index contributed by atoms with van der Waals surface area (Å²) >= 11 is 5.83. The number of benzene rings is 2. The van der Waals surface area contributed by atoms with Gasteiger partial charge in [-0.15, -0.1) is 0 Å². The molecule has 2 N–H and O–H groups in total. The van der Waals surface area contributed by atoms with Crippen LogP contribution in [0.4, 0.5) is 5.69 Å². The van der Waals surface area contributed by atoms with E-state index in [4.69, 9.17) is 12.2 Å². The standard InChI is InChI=1S/C30H31N5OS/c1-3-22-11-7-8-14-24(22)32-27(36)18-20-34-29(28(33-30(34)37)25-15-9-10-19-31-25)26-17-16-21(2)35(26)23-12-5-4-6-13-23/h4-17,19,28-29H,3,18,20H2,1-2H3,(H,32,36)(H,33,37)/t28-,29-/m1/s1. The maximum absolute atomic E-state index is 13.0. The molecule has 2 aromatic heterocycles. The van der Waals surface area contributed by atoms with Gasteiger partial charge in [0, 0.05) is 41.9 Å². The molecule has 1 amide bonds. The van der Waals surface area contributed by atoms with Gasteiger partial charge in [0.1, 0.15) is 0 Å². The summed E-state index contributed by atoms with van der Waals surface area (Å²) in [5.41, 5.74) is 6.23. The molecule has 6 nitrogen and oxygen atoms in total. The Kier molecular flexibility index (Phi) is 7.32. The molecule has 1 aliphatic rings. The van der Waals surface area contributed by atoms with Gasteiger partial charge < -0.3 is 20.1 Å². The lowest BCUT2D eigenvalue weighted by Gasteiger charge is -2.29. The van der Waals surface area contributed by atoms with Gasteiger partial charge in [-0.2, -0.15) is 0 Å². The van der Waals surface area contributed by atoms with Gasteiger partial charge in [0.25, 0.3) is 0 Å². The number of aryl methyl sites for hydroxylation is 2. The third kappa shape index (κ3) is 5.13. The Balaban J connectivity index is 1.46. The molecular weight excluding hydrogens is 478 g/mol. The zero-order valence-corrected chi connectivity index (χ0v) is 21.9. The van der Waals surface area contributed by atoms with E-state index in [0.29, 0.717) is 18.1 Å². The van der Waals surface area contributed by atoms with Crippen LogP contribution in [0.2, 0.25) is 0 Å². The first kappa shape index (κ1) is 24.7. The Morgan fingerprint density at radius 1 is 1.00 bits per heavy atom. The van der Waals surface area contributed by atoms with Gasteiger partial charge in [0.05, 0.1) is 17.8 Å². The van der Waals surface area contributed by atoms with Crippen molar-refractivity contribution in [3.8, 4) is 5.69 Å². The lowest BCUT2D eigenvalue weighted by atomic mass is 10.0. The van der Waals surface area contributed by atoms with Crippen molar-refractivity contribution < 1.29 is 4.79 Å². The first-order valence-electron chi connectivity index (χ1n) is 12.7. The third-order valence-electron chi connectivity index (χ3n) is 6.87. The van der Waals surface area contributed by atoms with Crippen LogP contribution in [0.15, 0.2) is 91.1 Å². The number of aromatic nitrogens is 2. The molecule has 1 aliphatic heterocycles. The number of anilines is 1. The zero-order chi connectivity index (χ0) is 25.8. The smallest absolute Gasteiger partial charge is 0.226 e. The van der Waals surface area contributed by atoms with Gasteiger partial charge in [-0.05, 0) is 73.6 Å². The molecule has 2 atom stereocenters. The van der Waals surface area contributed by atoms with E-state index >= 15 is 0 Å². The number of hydrogen-bond acceptors (Lipinski definition) is 3. The van der Waals surface area contributed by atoms with Gasteiger partial charge in [-0.25, -0.2) is 0 Å². The van der Waals surface area contributed by atoms with Crippen LogP contribution in [-0.4, -0.2) is 32.0 Å². The van der Waals surface area contributed by atoms with Crippen molar-refractivity contribution in [2.24, 2.45) is 0 Å². The Hall–Kier alpha value is -3.97. The Labute approximate surface area is 223 Å². The van der Waals surface area contributed by atoms with E-state index in [9.17, 15) is 4.79 Å². The number of nitrogens with one attached hydrogen (secondary N) is 2. The second kappa shape index (κ2) is 11.0. The van der Waals surface area contributed by atoms with E-state index in [1.54, 1.807) is 6.20 Å².